The van der Waals surface area contributed by atoms with E-state index >= 15 is 0 Å². The number of hydrogen-bond donors (Lipinski definition) is 1. The number of ether oxygens (including phenoxy) is 1. The second-order valence-corrected chi connectivity index (χ2v) is 3.14. The fourth-order valence-corrected chi connectivity index (χ4v) is 1.02. The van der Waals surface area contributed by atoms with E-state index in [1.807, 2.05) is 0 Å². The van der Waals surface area contributed by atoms with Gasteiger partial charge in [-0.2, -0.15) is 0 Å². The van der Waals surface area contributed by atoms with Crippen LogP contribution in [0.3, 0.4) is 0 Å². The van der Waals surface area contributed by atoms with Gasteiger partial charge in [-0.25, -0.2) is 0 Å². The molecule has 0 heterocycles. The first-order valence-corrected chi connectivity index (χ1v) is 4.47. The maximum atomic E-state index is 11.0. The normalized spacial score (nSPS) is 12.0. The van der Waals surface area contributed by atoms with Gasteiger partial charge in [0.25, 0.3) is 0 Å². The van der Waals surface area contributed by atoms with Crippen molar-refractivity contribution >= 4 is 11.9 Å². The molecule has 0 saturated heterocycles. The first-order valence-electron chi connectivity index (χ1n) is 4.47. The summed E-state index contributed by atoms with van der Waals surface area (Å²) in [6.45, 7) is 3.52. The Kier molecular flexibility index (Phi) is 5.87. The van der Waals surface area contributed by atoms with E-state index in [-0.39, 0.29) is 31.4 Å². The molecule has 14 heavy (non-hydrogen) atoms. The van der Waals surface area contributed by atoms with Gasteiger partial charge in [0.2, 0.25) is 5.91 Å². The number of aliphatic hydroxyl groups excluding tert-OH is 1. The number of rotatable bonds is 5. The number of carbonyl (C=O) groups excluding carboxylic acids is 2. The molecule has 0 fully saturated rings. The van der Waals surface area contributed by atoms with Gasteiger partial charge in [-0.05, 0) is 6.92 Å². The summed E-state index contributed by atoms with van der Waals surface area (Å²) >= 11 is 0. The average molecular weight is 203 g/mol. The zero-order chi connectivity index (χ0) is 11.1. The van der Waals surface area contributed by atoms with Gasteiger partial charge in [-0.15, -0.1) is 0 Å². The van der Waals surface area contributed by atoms with Gasteiger partial charge >= 0.3 is 5.97 Å². The number of nitrogens with zero attached hydrogens (tertiary/aromatic N) is 1. The summed E-state index contributed by atoms with van der Waals surface area (Å²) in [6.07, 6.45) is -0.431. The highest BCUT2D eigenvalue weighted by atomic mass is 16.5. The predicted octanol–water partition coefficient (Wildman–Crippen LogP) is -0.221. The summed E-state index contributed by atoms with van der Waals surface area (Å²) in [4.78, 5) is 23.3. The van der Waals surface area contributed by atoms with E-state index in [9.17, 15) is 9.59 Å². The molecule has 1 amide bonds. The summed E-state index contributed by atoms with van der Waals surface area (Å²) in [5.74, 6) is -0.517. The molecule has 5 nitrogen and oxygen atoms in total. The fraction of sp³-hybridized carbons (Fsp3) is 0.778. The topological polar surface area (TPSA) is 66.8 Å². The van der Waals surface area contributed by atoms with Crippen molar-refractivity contribution in [3.63, 3.8) is 0 Å². The Balaban J connectivity index is 3.97. The van der Waals surface area contributed by atoms with E-state index in [2.05, 4.69) is 4.74 Å². The highest BCUT2D eigenvalue weighted by Gasteiger charge is 2.12. The standard InChI is InChI=1S/C9H17NO4/c1-7(11)6-10(8(2)12)5-4-9(13)14-3/h7,11H,4-6H2,1-3H3. The van der Waals surface area contributed by atoms with E-state index in [0.717, 1.165) is 0 Å². The van der Waals surface area contributed by atoms with Crippen molar-refractivity contribution in [3.05, 3.63) is 0 Å². The summed E-state index contributed by atoms with van der Waals surface area (Å²) in [6, 6.07) is 0. The van der Waals surface area contributed by atoms with E-state index in [4.69, 9.17) is 5.11 Å². The molecule has 0 rings (SSSR count). The SMILES string of the molecule is COC(=O)CCN(CC(C)O)C(C)=O. The first-order chi connectivity index (χ1) is 6.47. The predicted molar refractivity (Wildman–Crippen MR) is 50.6 cm³/mol. The van der Waals surface area contributed by atoms with Crippen LogP contribution in [-0.4, -0.2) is 48.2 Å². The molecule has 1 unspecified atom stereocenters. The number of methoxy groups -OCH3 is 1. The first kappa shape index (κ1) is 12.9. The van der Waals surface area contributed by atoms with Crippen LogP contribution in [-0.2, 0) is 14.3 Å². The summed E-state index contributed by atoms with van der Waals surface area (Å²) in [5, 5.41) is 9.08. The summed E-state index contributed by atoms with van der Waals surface area (Å²) in [7, 11) is 1.30. The molecular weight excluding hydrogens is 186 g/mol. The maximum Gasteiger partial charge on any atom is 0.307 e. The quantitative estimate of drug-likeness (QED) is 0.627. The van der Waals surface area contributed by atoms with Crippen LogP contribution in [0.1, 0.15) is 20.3 Å². The highest BCUT2D eigenvalue weighted by molar-refractivity contribution is 5.74. The van der Waals surface area contributed by atoms with Gasteiger partial charge in [0.05, 0.1) is 19.6 Å². The van der Waals surface area contributed by atoms with Crippen molar-refractivity contribution in [2.24, 2.45) is 0 Å². The number of esters is 1. The molecule has 0 saturated carbocycles. The minimum absolute atomic E-state index is 0.156. The molecule has 1 atom stereocenters. The molecule has 0 aromatic carbocycles. The molecule has 82 valence electrons. The van der Waals surface area contributed by atoms with Gasteiger partial charge in [0.1, 0.15) is 0 Å². The van der Waals surface area contributed by atoms with Crippen molar-refractivity contribution in [3.8, 4) is 0 Å². The summed E-state index contributed by atoms with van der Waals surface area (Å²) < 4.78 is 4.45. The minimum atomic E-state index is -0.587. The molecule has 0 aromatic heterocycles. The van der Waals surface area contributed by atoms with Crippen molar-refractivity contribution in [2.45, 2.75) is 26.4 Å². The molecular formula is C9H17NO4. The van der Waals surface area contributed by atoms with Gasteiger partial charge < -0.3 is 14.7 Å². The maximum absolute atomic E-state index is 11.0. The smallest absolute Gasteiger partial charge is 0.307 e. The molecule has 0 aromatic rings. The van der Waals surface area contributed by atoms with Gasteiger partial charge in [0, 0.05) is 20.0 Å². The Bertz CT molecular complexity index is 203. The van der Waals surface area contributed by atoms with Crippen LogP contribution in [0.2, 0.25) is 0 Å². The van der Waals surface area contributed by atoms with Crippen molar-refractivity contribution < 1.29 is 19.4 Å². The lowest BCUT2D eigenvalue weighted by Crippen LogP contribution is -2.36. The second-order valence-electron chi connectivity index (χ2n) is 3.14. The molecule has 0 aliphatic carbocycles. The van der Waals surface area contributed by atoms with Crippen molar-refractivity contribution in [1.82, 2.24) is 4.90 Å². The Labute approximate surface area is 83.6 Å². The minimum Gasteiger partial charge on any atom is -0.469 e. The Morgan fingerprint density at radius 3 is 2.43 bits per heavy atom. The van der Waals surface area contributed by atoms with E-state index < -0.39 is 6.10 Å². The van der Waals surface area contributed by atoms with Gasteiger partial charge in [-0.3, -0.25) is 9.59 Å². The van der Waals surface area contributed by atoms with Crippen LogP contribution in [0.5, 0.6) is 0 Å². The average Bonchev–Trinajstić information content (AvgIpc) is 2.10. The van der Waals surface area contributed by atoms with Crippen LogP contribution >= 0.6 is 0 Å². The number of carbonyl (C=O) groups is 2. The van der Waals surface area contributed by atoms with Gasteiger partial charge in [-0.1, -0.05) is 0 Å². The lowest BCUT2D eigenvalue weighted by atomic mass is 10.3. The fourth-order valence-electron chi connectivity index (χ4n) is 1.02. The van der Waals surface area contributed by atoms with Crippen LogP contribution in [0.15, 0.2) is 0 Å². The molecule has 0 spiro atoms. The van der Waals surface area contributed by atoms with Crippen LogP contribution in [0.4, 0.5) is 0 Å². The third-order valence-electron chi connectivity index (χ3n) is 1.74. The molecule has 0 aliphatic heterocycles. The lowest BCUT2D eigenvalue weighted by molar-refractivity contribution is -0.141. The Hall–Kier alpha value is -1.10. The summed E-state index contributed by atoms with van der Waals surface area (Å²) in [5.41, 5.74) is 0. The van der Waals surface area contributed by atoms with E-state index in [1.165, 1.54) is 18.9 Å². The highest BCUT2D eigenvalue weighted by Crippen LogP contribution is 1.96. The van der Waals surface area contributed by atoms with E-state index in [1.54, 1.807) is 6.92 Å². The Morgan fingerprint density at radius 2 is 2.07 bits per heavy atom. The monoisotopic (exact) mass is 203 g/mol. The number of hydrogen-bond acceptors (Lipinski definition) is 4. The number of aliphatic hydroxyl groups is 1. The zero-order valence-electron chi connectivity index (χ0n) is 8.82. The van der Waals surface area contributed by atoms with Crippen molar-refractivity contribution in [2.75, 3.05) is 20.2 Å². The Morgan fingerprint density at radius 1 is 1.50 bits per heavy atom. The van der Waals surface area contributed by atoms with Crippen molar-refractivity contribution in [1.29, 1.82) is 0 Å². The van der Waals surface area contributed by atoms with Crippen LogP contribution in [0.25, 0.3) is 0 Å². The van der Waals surface area contributed by atoms with Crippen LogP contribution in [0, 0.1) is 0 Å². The molecule has 1 N–H and O–H groups in total. The number of amides is 1. The third kappa shape index (κ3) is 5.53. The molecule has 0 aliphatic rings. The van der Waals surface area contributed by atoms with Crippen LogP contribution < -0.4 is 0 Å². The molecule has 0 radical (unpaired) electrons. The zero-order valence-corrected chi connectivity index (χ0v) is 8.82. The lowest BCUT2D eigenvalue weighted by Gasteiger charge is -2.21. The third-order valence-corrected chi connectivity index (χ3v) is 1.74. The molecule has 0 bridgehead atoms. The molecule has 5 heteroatoms. The largest absolute Gasteiger partial charge is 0.469 e. The second kappa shape index (κ2) is 6.37. The van der Waals surface area contributed by atoms with Gasteiger partial charge in [0.15, 0.2) is 0 Å². The van der Waals surface area contributed by atoms with E-state index in [0.29, 0.717) is 0 Å².